The minimum atomic E-state index is -3.73. The van der Waals surface area contributed by atoms with Gasteiger partial charge in [0.05, 0.1) is 16.4 Å². The molecule has 0 aliphatic rings. The van der Waals surface area contributed by atoms with Crippen molar-refractivity contribution >= 4 is 59.7 Å². The van der Waals surface area contributed by atoms with Gasteiger partial charge in [-0.2, -0.15) is 0 Å². The summed E-state index contributed by atoms with van der Waals surface area (Å²) in [4.78, 5) is 3.89. The van der Waals surface area contributed by atoms with Crippen molar-refractivity contribution in [3.8, 4) is 0 Å². The SMILES string of the molecule is Cc1nc(N)sc1S(=O)(=O)Nc1ccc(Br)cc1Cl. The van der Waals surface area contributed by atoms with E-state index in [-0.39, 0.29) is 9.34 Å². The molecule has 1 aromatic carbocycles. The molecular weight excluding hydrogens is 374 g/mol. The zero-order valence-electron chi connectivity index (χ0n) is 9.65. The molecule has 19 heavy (non-hydrogen) atoms. The van der Waals surface area contributed by atoms with E-state index in [9.17, 15) is 8.42 Å². The van der Waals surface area contributed by atoms with Gasteiger partial charge in [-0.25, -0.2) is 13.4 Å². The average Bonchev–Trinajstić information content (AvgIpc) is 2.63. The molecule has 0 aliphatic carbocycles. The Hall–Kier alpha value is -0.830. The highest BCUT2D eigenvalue weighted by molar-refractivity contribution is 9.10. The molecule has 2 aromatic rings. The maximum Gasteiger partial charge on any atom is 0.273 e. The van der Waals surface area contributed by atoms with E-state index in [1.807, 2.05) is 0 Å². The van der Waals surface area contributed by atoms with E-state index in [0.717, 1.165) is 15.8 Å². The van der Waals surface area contributed by atoms with Gasteiger partial charge in [-0.3, -0.25) is 4.72 Å². The van der Waals surface area contributed by atoms with Crippen LogP contribution in [0.5, 0.6) is 0 Å². The molecule has 102 valence electrons. The Morgan fingerprint density at radius 1 is 1.47 bits per heavy atom. The molecule has 3 N–H and O–H groups in total. The molecule has 2 rings (SSSR count). The number of rotatable bonds is 3. The van der Waals surface area contributed by atoms with Crippen molar-refractivity contribution in [1.82, 2.24) is 4.98 Å². The summed E-state index contributed by atoms with van der Waals surface area (Å²) in [5, 5.41) is 0.507. The van der Waals surface area contributed by atoms with Gasteiger partial charge in [0.25, 0.3) is 10.0 Å². The number of halogens is 2. The highest BCUT2D eigenvalue weighted by Crippen LogP contribution is 2.30. The van der Waals surface area contributed by atoms with E-state index in [2.05, 4.69) is 25.6 Å². The van der Waals surface area contributed by atoms with Gasteiger partial charge in [-0.15, -0.1) is 0 Å². The van der Waals surface area contributed by atoms with Gasteiger partial charge in [-0.05, 0) is 25.1 Å². The number of nitrogens with one attached hydrogen (secondary N) is 1. The van der Waals surface area contributed by atoms with Gasteiger partial charge >= 0.3 is 0 Å². The summed E-state index contributed by atoms with van der Waals surface area (Å²) < 4.78 is 27.7. The summed E-state index contributed by atoms with van der Waals surface area (Å²) in [6, 6.07) is 4.87. The number of nitrogen functional groups attached to an aromatic ring is 1. The van der Waals surface area contributed by atoms with Gasteiger partial charge in [0.2, 0.25) is 0 Å². The highest BCUT2D eigenvalue weighted by Gasteiger charge is 2.22. The minimum absolute atomic E-state index is 0.0870. The summed E-state index contributed by atoms with van der Waals surface area (Å²) in [5.41, 5.74) is 6.17. The third-order valence-electron chi connectivity index (χ3n) is 2.19. The first-order valence-electron chi connectivity index (χ1n) is 5.00. The summed E-state index contributed by atoms with van der Waals surface area (Å²) in [7, 11) is -3.73. The molecule has 0 spiro atoms. The molecule has 0 saturated carbocycles. The lowest BCUT2D eigenvalue weighted by Crippen LogP contribution is -2.13. The number of hydrogen-bond acceptors (Lipinski definition) is 5. The van der Waals surface area contributed by atoms with Gasteiger partial charge < -0.3 is 5.73 Å². The van der Waals surface area contributed by atoms with E-state index in [1.54, 1.807) is 25.1 Å². The van der Waals surface area contributed by atoms with E-state index in [0.29, 0.717) is 16.4 Å². The lowest BCUT2D eigenvalue weighted by molar-refractivity contribution is 0.602. The molecule has 1 aromatic heterocycles. The van der Waals surface area contributed by atoms with E-state index in [4.69, 9.17) is 17.3 Å². The second-order valence-corrected chi connectivity index (χ2v) is 7.89. The van der Waals surface area contributed by atoms with Crippen molar-refractivity contribution in [3.05, 3.63) is 33.4 Å². The smallest absolute Gasteiger partial charge is 0.273 e. The van der Waals surface area contributed by atoms with Crippen molar-refractivity contribution in [1.29, 1.82) is 0 Å². The second kappa shape index (κ2) is 5.28. The number of hydrogen-bond donors (Lipinski definition) is 2. The zero-order chi connectivity index (χ0) is 14.2. The molecule has 1 heterocycles. The Bertz CT molecular complexity index is 730. The van der Waals surface area contributed by atoms with Crippen molar-refractivity contribution < 1.29 is 8.42 Å². The van der Waals surface area contributed by atoms with Crippen molar-refractivity contribution in [2.24, 2.45) is 0 Å². The Balaban J connectivity index is 2.39. The molecule has 0 atom stereocenters. The fourth-order valence-corrected chi connectivity index (χ4v) is 4.57. The molecule has 0 saturated heterocycles. The molecule has 5 nitrogen and oxygen atoms in total. The number of sulfonamides is 1. The number of nitrogens with zero attached hydrogens (tertiary/aromatic N) is 1. The second-order valence-electron chi connectivity index (χ2n) is 3.65. The van der Waals surface area contributed by atoms with Crippen LogP contribution < -0.4 is 10.5 Å². The summed E-state index contributed by atoms with van der Waals surface area (Å²) >= 11 is 10.1. The molecule has 0 amide bonds. The molecule has 0 fully saturated rings. The van der Waals surface area contributed by atoms with Crippen LogP contribution in [0, 0.1) is 6.92 Å². The molecular formula is C10H9BrClN3O2S2. The summed E-state index contributed by atoms with van der Waals surface area (Å²) in [5.74, 6) is 0. The quantitative estimate of drug-likeness (QED) is 0.853. The van der Waals surface area contributed by atoms with Crippen LogP contribution in [0.1, 0.15) is 5.69 Å². The molecule has 0 aliphatic heterocycles. The maximum absolute atomic E-state index is 12.2. The lowest BCUT2D eigenvalue weighted by Gasteiger charge is -2.08. The van der Waals surface area contributed by atoms with E-state index >= 15 is 0 Å². The number of nitrogens with two attached hydrogens (primary N) is 1. The summed E-state index contributed by atoms with van der Waals surface area (Å²) in [6.07, 6.45) is 0. The van der Waals surface area contributed by atoms with Crippen LogP contribution in [-0.4, -0.2) is 13.4 Å². The standard InChI is InChI=1S/C10H9BrClN3O2S2/c1-5-9(18-10(13)14-5)19(16,17)15-8-3-2-6(11)4-7(8)12/h2-4,15H,1H3,(H2,13,14). The molecule has 0 unspecified atom stereocenters. The van der Waals surface area contributed by atoms with Crippen LogP contribution in [0.2, 0.25) is 5.02 Å². The number of aromatic nitrogens is 1. The third kappa shape index (κ3) is 3.19. The van der Waals surface area contributed by atoms with Crippen molar-refractivity contribution in [2.75, 3.05) is 10.5 Å². The molecule has 0 bridgehead atoms. The predicted octanol–water partition coefficient (Wildman–Crippen LogP) is 3.25. The third-order valence-corrected chi connectivity index (χ3v) is 5.96. The monoisotopic (exact) mass is 381 g/mol. The van der Waals surface area contributed by atoms with Crippen molar-refractivity contribution in [2.45, 2.75) is 11.1 Å². The first kappa shape index (κ1) is 14.6. The van der Waals surface area contributed by atoms with Gasteiger partial charge in [-0.1, -0.05) is 38.9 Å². The fraction of sp³-hybridized carbons (Fsp3) is 0.100. The zero-order valence-corrected chi connectivity index (χ0v) is 13.6. The lowest BCUT2D eigenvalue weighted by atomic mass is 10.3. The summed E-state index contributed by atoms with van der Waals surface area (Å²) in [6.45, 7) is 1.59. The number of aryl methyl sites for hydroxylation is 1. The van der Waals surface area contributed by atoms with Crippen LogP contribution in [0.3, 0.4) is 0 Å². The van der Waals surface area contributed by atoms with E-state index in [1.165, 1.54) is 0 Å². The Labute approximate surface area is 128 Å². The molecule has 0 radical (unpaired) electrons. The Morgan fingerprint density at radius 3 is 2.68 bits per heavy atom. The number of anilines is 2. The minimum Gasteiger partial charge on any atom is -0.375 e. The number of thiazole rings is 1. The first-order valence-corrected chi connectivity index (χ1v) is 8.47. The highest BCUT2D eigenvalue weighted by atomic mass is 79.9. The topological polar surface area (TPSA) is 85.1 Å². The van der Waals surface area contributed by atoms with Crippen LogP contribution in [-0.2, 0) is 10.0 Å². The van der Waals surface area contributed by atoms with Gasteiger partial charge in [0, 0.05) is 4.47 Å². The maximum atomic E-state index is 12.2. The van der Waals surface area contributed by atoms with Crippen molar-refractivity contribution in [3.63, 3.8) is 0 Å². The first-order chi connectivity index (χ1) is 8.79. The Kier molecular flexibility index (Phi) is 4.05. The Morgan fingerprint density at radius 2 is 2.16 bits per heavy atom. The van der Waals surface area contributed by atoms with Gasteiger partial charge in [0.1, 0.15) is 0 Å². The van der Waals surface area contributed by atoms with Crippen LogP contribution >= 0.6 is 38.9 Å². The van der Waals surface area contributed by atoms with E-state index < -0.39 is 10.0 Å². The average molecular weight is 383 g/mol. The largest absolute Gasteiger partial charge is 0.375 e. The fourth-order valence-electron chi connectivity index (χ4n) is 1.42. The normalized spacial score (nSPS) is 11.5. The predicted molar refractivity (Wildman–Crippen MR) is 81.2 cm³/mol. The van der Waals surface area contributed by atoms with Crippen LogP contribution in [0.25, 0.3) is 0 Å². The molecule has 9 heteroatoms. The number of benzene rings is 1. The van der Waals surface area contributed by atoms with Crippen LogP contribution in [0.4, 0.5) is 10.8 Å². The van der Waals surface area contributed by atoms with Gasteiger partial charge in [0.15, 0.2) is 9.34 Å². The van der Waals surface area contributed by atoms with Crippen LogP contribution in [0.15, 0.2) is 26.9 Å².